The van der Waals surface area contributed by atoms with Crippen LogP contribution in [0.2, 0.25) is 0 Å². The van der Waals surface area contributed by atoms with E-state index in [2.05, 4.69) is 37.0 Å². The molecule has 2 heterocycles. The fourth-order valence-corrected chi connectivity index (χ4v) is 4.64. The van der Waals surface area contributed by atoms with Gasteiger partial charge in [0.25, 0.3) is 11.8 Å². The molecule has 1 aliphatic rings. The average Bonchev–Trinajstić information content (AvgIpc) is 2.81. The third-order valence-corrected chi connectivity index (χ3v) is 6.61. The van der Waals surface area contributed by atoms with E-state index in [0.717, 1.165) is 4.90 Å². The van der Waals surface area contributed by atoms with E-state index in [0.29, 0.717) is 42.3 Å². The van der Waals surface area contributed by atoms with E-state index < -0.39 is 0 Å². The number of pyridine rings is 1. The van der Waals surface area contributed by atoms with Gasteiger partial charge in [-0.05, 0) is 49.7 Å². The summed E-state index contributed by atoms with van der Waals surface area (Å²) in [6.07, 6.45) is 1.72. The Bertz CT molecular complexity index is 1090. The number of benzene rings is 2. The second-order valence-corrected chi connectivity index (χ2v) is 8.71. The highest BCUT2D eigenvalue weighted by Gasteiger charge is 2.27. The van der Waals surface area contributed by atoms with Gasteiger partial charge in [-0.1, -0.05) is 47.7 Å². The first kappa shape index (κ1) is 21.1. The zero-order valence-corrected chi connectivity index (χ0v) is 18.6. The van der Waals surface area contributed by atoms with Crippen molar-refractivity contribution in [3.8, 4) is 0 Å². The molecule has 6 heteroatoms. The Hall–Kier alpha value is -3.12. The summed E-state index contributed by atoms with van der Waals surface area (Å²) in [4.78, 5) is 35.1. The van der Waals surface area contributed by atoms with Crippen LogP contribution in [0.5, 0.6) is 0 Å². The zero-order valence-electron chi connectivity index (χ0n) is 17.7. The second kappa shape index (κ2) is 9.35. The highest BCUT2D eigenvalue weighted by atomic mass is 32.2. The fourth-order valence-electron chi connectivity index (χ4n) is 3.70. The molecule has 0 saturated carbocycles. The number of rotatable bonds is 4. The van der Waals surface area contributed by atoms with E-state index >= 15 is 0 Å². The minimum atomic E-state index is -0.0350. The summed E-state index contributed by atoms with van der Waals surface area (Å²) in [5, 5.41) is 0.710. The maximum absolute atomic E-state index is 13.3. The normalized spacial score (nSPS) is 13.9. The molecule has 5 nitrogen and oxygen atoms in total. The second-order valence-electron chi connectivity index (χ2n) is 7.68. The molecule has 3 aromatic rings. The molecule has 0 spiro atoms. The largest absolute Gasteiger partial charge is 0.335 e. The SMILES string of the molecule is Cc1ccc(Sc2ncccc2C(=O)N2CCN(C(=O)c3ccccc3)CC2)c(C)c1. The molecule has 31 heavy (non-hydrogen) atoms. The van der Waals surface area contributed by atoms with Gasteiger partial charge in [-0.2, -0.15) is 0 Å². The van der Waals surface area contributed by atoms with Crippen LogP contribution < -0.4 is 0 Å². The summed E-state index contributed by atoms with van der Waals surface area (Å²) in [7, 11) is 0. The molecule has 2 aromatic carbocycles. The highest BCUT2D eigenvalue weighted by Crippen LogP contribution is 2.32. The van der Waals surface area contributed by atoms with Crippen LogP contribution in [0, 0.1) is 13.8 Å². The van der Waals surface area contributed by atoms with Gasteiger partial charge in [-0.3, -0.25) is 9.59 Å². The van der Waals surface area contributed by atoms with Crippen molar-refractivity contribution in [2.24, 2.45) is 0 Å². The van der Waals surface area contributed by atoms with Crippen LogP contribution in [-0.4, -0.2) is 52.8 Å². The first-order valence-corrected chi connectivity index (χ1v) is 11.2. The van der Waals surface area contributed by atoms with Crippen LogP contribution in [0.25, 0.3) is 0 Å². The van der Waals surface area contributed by atoms with Crippen LogP contribution in [0.1, 0.15) is 31.8 Å². The van der Waals surface area contributed by atoms with Gasteiger partial charge in [-0.25, -0.2) is 4.98 Å². The summed E-state index contributed by atoms with van der Waals surface area (Å²) >= 11 is 1.52. The Morgan fingerprint density at radius 2 is 1.52 bits per heavy atom. The summed E-state index contributed by atoms with van der Waals surface area (Å²) in [5.41, 5.74) is 3.67. The molecular formula is C25H25N3O2S. The third-order valence-electron chi connectivity index (χ3n) is 5.41. The van der Waals surface area contributed by atoms with E-state index in [4.69, 9.17) is 0 Å². The molecule has 0 radical (unpaired) electrons. The molecule has 1 saturated heterocycles. The van der Waals surface area contributed by atoms with E-state index in [1.807, 2.05) is 46.2 Å². The number of carbonyl (C=O) groups excluding carboxylic acids is 2. The van der Waals surface area contributed by atoms with E-state index in [1.54, 1.807) is 12.3 Å². The van der Waals surface area contributed by atoms with Gasteiger partial charge >= 0.3 is 0 Å². The average molecular weight is 432 g/mol. The van der Waals surface area contributed by atoms with Crippen molar-refractivity contribution in [1.82, 2.24) is 14.8 Å². The van der Waals surface area contributed by atoms with Crippen LogP contribution in [-0.2, 0) is 0 Å². The standard InChI is InChI=1S/C25H25N3O2S/c1-18-10-11-22(19(2)17-18)31-23-21(9-6-12-26-23)25(30)28-15-13-27(14-16-28)24(29)20-7-4-3-5-8-20/h3-12,17H,13-16H2,1-2H3. The molecule has 4 rings (SSSR count). The van der Waals surface area contributed by atoms with Crippen molar-refractivity contribution >= 4 is 23.6 Å². The van der Waals surface area contributed by atoms with E-state index in [9.17, 15) is 9.59 Å². The molecule has 0 atom stereocenters. The Kier molecular flexibility index (Phi) is 6.37. The first-order chi connectivity index (χ1) is 15.0. The van der Waals surface area contributed by atoms with Crippen molar-refractivity contribution in [3.05, 3.63) is 89.1 Å². The lowest BCUT2D eigenvalue weighted by Gasteiger charge is -2.35. The topological polar surface area (TPSA) is 53.5 Å². The number of nitrogens with zero attached hydrogens (tertiary/aromatic N) is 3. The van der Waals surface area contributed by atoms with Crippen molar-refractivity contribution in [3.63, 3.8) is 0 Å². The lowest BCUT2D eigenvalue weighted by molar-refractivity contribution is 0.0533. The van der Waals surface area contributed by atoms with Gasteiger partial charge in [0.05, 0.1) is 5.56 Å². The summed E-state index contributed by atoms with van der Waals surface area (Å²) in [5.74, 6) is -0.0210. The fraction of sp³-hybridized carbons (Fsp3) is 0.240. The van der Waals surface area contributed by atoms with Gasteiger partial charge < -0.3 is 9.80 Å². The maximum Gasteiger partial charge on any atom is 0.256 e. The smallest absolute Gasteiger partial charge is 0.256 e. The molecule has 1 aromatic heterocycles. The number of hydrogen-bond acceptors (Lipinski definition) is 4. The summed E-state index contributed by atoms with van der Waals surface area (Å²) < 4.78 is 0. The van der Waals surface area contributed by atoms with Gasteiger partial charge in [-0.15, -0.1) is 0 Å². The number of hydrogen-bond donors (Lipinski definition) is 0. The number of piperazine rings is 1. The molecule has 1 aliphatic heterocycles. The van der Waals surface area contributed by atoms with Crippen molar-refractivity contribution < 1.29 is 9.59 Å². The van der Waals surface area contributed by atoms with Gasteiger partial charge in [0.15, 0.2) is 0 Å². The third kappa shape index (κ3) is 4.80. The van der Waals surface area contributed by atoms with Crippen LogP contribution >= 0.6 is 11.8 Å². The van der Waals surface area contributed by atoms with Crippen LogP contribution in [0.3, 0.4) is 0 Å². The monoisotopic (exact) mass is 431 g/mol. The maximum atomic E-state index is 13.3. The van der Waals surface area contributed by atoms with Crippen LogP contribution in [0.15, 0.2) is 76.8 Å². The molecule has 158 valence electrons. The Morgan fingerprint density at radius 3 is 2.19 bits per heavy atom. The van der Waals surface area contributed by atoms with Crippen molar-refractivity contribution in [2.75, 3.05) is 26.2 Å². The quantitative estimate of drug-likeness (QED) is 0.613. The number of aryl methyl sites for hydroxylation is 2. The predicted molar refractivity (Wildman–Crippen MR) is 123 cm³/mol. The molecule has 0 aliphatic carbocycles. The molecule has 0 bridgehead atoms. The van der Waals surface area contributed by atoms with Crippen molar-refractivity contribution in [1.29, 1.82) is 0 Å². The van der Waals surface area contributed by atoms with Crippen LogP contribution in [0.4, 0.5) is 0 Å². The highest BCUT2D eigenvalue weighted by molar-refractivity contribution is 7.99. The Balaban J connectivity index is 1.45. The molecule has 2 amide bonds. The summed E-state index contributed by atoms with van der Waals surface area (Å²) in [6.45, 7) is 6.22. The van der Waals surface area contributed by atoms with Gasteiger partial charge in [0.2, 0.25) is 0 Å². The molecule has 0 N–H and O–H groups in total. The van der Waals surface area contributed by atoms with Gasteiger partial charge in [0.1, 0.15) is 5.03 Å². The minimum Gasteiger partial charge on any atom is -0.335 e. The predicted octanol–water partition coefficient (Wildman–Crippen LogP) is 4.45. The minimum absolute atomic E-state index is 0.0140. The number of aromatic nitrogens is 1. The molecule has 1 fully saturated rings. The lowest BCUT2D eigenvalue weighted by Crippen LogP contribution is -2.50. The van der Waals surface area contributed by atoms with Crippen molar-refractivity contribution in [2.45, 2.75) is 23.8 Å². The molecular weight excluding hydrogens is 406 g/mol. The molecule has 0 unspecified atom stereocenters. The Labute approximate surface area is 187 Å². The summed E-state index contributed by atoms with van der Waals surface area (Å²) in [6, 6.07) is 19.2. The lowest BCUT2D eigenvalue weighted by atomic mass is 10.1. The zero-order chi connectivity index (χ0) is 21.8. The van der Waals surface area contributed by atoms with E-state index in [1.165, 1.54) is 22.9 Å². The number of amides is 2. The van der Waals surface area contributed by atoms with Gasteiger partial charge in [0, 0.05) is 42.8 Å². The first-order valence-electron chi connectivity index (χ1n) is 10.4. The Morgan fingerprint density at radius 1 is 0.839 bits per heavy atom. The number of carbonyl (C=O) groups is 2. The van der Waals surface area contributed by atoms with E-state index in [-0.39, 0.29) is 11.8 Å².